The van der Waals surface area contributed by atoms with Crippen molar-refractivity contribution in [2.24, 2.45) is 0 Å². The van der Waals surface area contributed by atoms with E-state index in [1.807, 2.05) is 0 Å². The van der Waals surface area contributed by atoms with Crippen LogP contribution in [-0.2, 0) is 0 Å². The van der Waals surface area contributed by atoms with Gasteiger partial charge in [-0.3, -0.25) is 0 Å². The third kappa shape index (κ3) is 1.02. The lowest BCUT2D eigenvalue weighted by molar-refractivity contribution is 1.30. The first-order chi connectivity index (χ1) is 7.83. The van der Waals surface area contributed by atoms with Gasteiger partial charge in [-0.25, -0.2) is 0 Å². The second-order valence-electron chi connectivity index (χ2n) is 4.69. The van der Waals surface area contributed by atoms with Gasteiger partial charge < -0.3 is 0 Å². The molecule has 0 aromatic heterocycles. The summed E-state index contributed by atoms with van der Waals surface area (Å²) >= 11 is 0. The van der Waals surface area contributed by atoms with Crippen LogP contribution >= 0.6 is 0 Å². The van der Waals surface area contributed by atoms with E-state index in [1.54, 1.807) is 10.4 Å². The molecule has 0 saturated heterocycles. The van der Waals surface area contributed by atoms with Gasteiger partial charge in [0.05, 0.1) is 8.07 Å². The van der Waals surface area contributed by atoms with Crippen LogP contribution in [0.1, 0.15) is 13.8 Å². The summed E-state index contributed by atoms with van der Waals surface area (Å²) in [6.07, 6.45) is 0. The van der Waals surface area contributed by atoms with Crippen molar-refractivity contribution in [3.63, 3.8) is 0 Å². The van der Waals surface area contributed by atoms with E-state index in [9.17, 15) is 0 Å². The highest BCUT2D eigenvalue weighted by molar-refractivity contribution is 7.05. The largest absolute Gasteiger partial charge is 0.152 e. The van der Waals surface area contributed by atoms with E-state index in [0.29, 0.717) is 0 Å². The fourth-order valence-electron chi connectivity index (χ4n) is 3.36. The molecule has 0 saturated carbocycles. The third-order valence-electron chi connectivity index (χ3n) is 4.27. The SMILES string of the molecule is CC[Si]1(CC)c2ccccc2-[c-]2cccc21. The molecule has 16 heavy (non-hydrogen) atoms. The Labute approximate surface area is 98.3 Å². The van der Waals surface area contributed by atoms with Crippen LogP contribution in [0.5, 0.6) is 0 Å². The number of benzene rings is 1. The monoisotopic (exact) mass is 225 g/mol. The fourth-order valence-corrected chi connectivity index (χ4v) is 7.98. The van der Waals surface area contributed by atoms with Crippen LogP contribution in [-0.4, -0.2) is 8.07 Å². The Morgan fingerprint density at radius 1 is 1.00 bits per heavy atom. The average Bonchev–Trinajstić information content (AvgIpc) is 2.89. The Hall–Kier alpha value is -1.21. The highest BCUT2D eigenvalue weighted by Crippen LogP contribution is 2.32. The summed E-state index contributed by atoms with van der Waals surface area (Å²) in [5.74, 6) is 0. The average molecular weight is 225 g/mol. The molecule has 1 aliphatic heterocycles. The first kappa shape index (κ1) is 9.97. The third-order valence-corrected chi connectivity index (χ3v) is 9.62. The summed E-state index contributed by atoms with van der Waals surface area (Å²) in [6, 6.07) is 18.6. The zero-order chi connectivity index (χ0) is 11.2. The molecule has 0 spiro atoms. The molecular weight excluding hydrogens is 208 g/mol. The maximum Gasteiger partial charge on any atom is 0.0632 e. The molecule has 1 heteroatoms. The molecule has 0 bridgehead atoms. The van der Waals surface area contributed by atoms with E-state index in [2.05, 4.69) is 56.3 Å². The van der Waals surface area contributed by atoms with Crippen molar-refractivity contribution < 1.29 is 0 Å². The van der Waals surface area contributed by atoms with Crippen molar-refractivity contribution in [2.45, 2.75) is 25.9 Å². The number of fused-ring (bicyclic) bond motifs is 3. The summed E-state index contributed by atoms with van der Waals surface area (Å²) in [4.78, 5) is 0. The molecule has 0 fully saturated rings. The van der Waals surface area contributed by atoms with Crippen LogP contribution in [0.15, 0.2) is 42.5 Å². The highest BCUT2D eigenvalue weighted by atomic mass is 28.3. The first-order valence-electron chi connectivity index (χ1n) is 6.19. The van der Waals surface area contributed by atoms with Gasteiger partial charge in [0.15, 0.2) is 0 Å². The lowest BCUT2D eigenvalue weighted by Crippen LogP contribution is -2.53. The molecule has 0 unspecified atom stereocenters. The maximum atomic E-state index is 2.37. The lowest BCUT2D eigenvalue weighted by Gasteiger charge is -2.30. The Morgan fingerprint density at radius 3 is 2.50 bits per heavy atom. The van der Waals surface area contributed by atoms with Crippen LogP contribution in [0.25, 0.3) is 11.1 Å². The van der Waals surface area contributed by atoms with Gasteiger partial charge in [-0.2, -0.15) is 12.1 Å². The molecule has 0 nitrogen and oxygen atoms in total. The van der Waals surface area contributed by atoms with Crippen LogP contribution in [0.4, 0.5) is 0 Å². The van der Waals surface area contributed by atoms with E-state index in [0.717, 1.165) is 0 Å². The van der Waals surface area contributed by atoms with Gasteiger partial charge in [-0.05, 0) is 0 Å². The predicted octanol–water partition coefficient (Wildman–Crippen LogP) is 2.99. The van der Waals surface area contributed by atoms with Crippen molar-refractivity contribution in [1.82, 2.24) is 0 Å². The van der Waals surface area contributed by atoms with Gasteiger partial charge in [0.2, 0.25) is 0 Å². The Kier molecular flexibility index (Phi) is 2.11. The number of hydrogen-bond donors (Lipinski definition) is 0. The van der Waals surface area contributed by atoms with Gasteiger partial charge in [0.1, 0.15) is 0 Å². The summed E-state index contributed by atoms with van der Waals surface area (Å²) in [7, 11) is -1.37. The summed E-state index contributed by atoms with van der Waals surface area (Å²) < 4.78 is 0. The van der Waals surface area contributed by atoms with E-state index >= 15 is 0 Å². The summed E-state index contributed by atoms with van der Waals surface area (Å²) in [5.41, 5.74) is 3.03. The minimum Gasteiger partial charge on any atom is -0.152 e. The molecule has 0 N–H and O–H groups in total. The molecule has 2 aromatic rings. The van der Waals surface area contributed by atoms with Gasteiger partial charge in [0, 0.05) is 0 Å². The molecule has 0 aliphatic carbocycles. The van der Waals surface area contributed by atoms with E-state index in [1.165, 1.54) is 23.2 Å². The topological polar surface area (TPSA) is 0 Å². The quantitative estimate of drug-likeness (QED) is 0.544. The Morgan fingerprint density at radius 2 is 1.75 bits per heavy atom. The molecule has 0 atom stereocenters. The minimum absolute atomic E-state index is 1.33. The summed E-state index contributed by atoms with van der Waals surface area (Å²) in [6.45, 7) is 4.74. The van der Waals surface area contributed by atoms with Crippen LogP contribution in [0.2, 0.25) is 12.1 Å². The van der Waals surface area contributed by atoms with Gasteiger partial charge in [0.25, 0.3) is 0 Å². The van der Waals surface area contributed by atoms with Crippen molar-refractivity contribution in [1.29, 1.82) is 0 Å². The second kappa shape index (κ2) is 3.39. The molecular formula is C15H17Si-. The van der Waals surface area contributed by atoms with E-state index in [-0.39, 0.29) is 0 Å². The van der Waals surface area contributed by atoms with Crippen molar-refractivity contribution in [3.05, 3.63) is 42.5 Å². The maximum absolute atomic E-state index is 2.37. The molecule has 1 aliphatic rings. The predicted molar refractivity (Wildman–Crippen MR) is 73.5 cm³/mol. The first-order valence-corrected chi connectivity index (χ1v) is 8.61. The zero-order valence-corrected chi connectivity index (χ0v) is 11.0. The lowest BCUT2D eigenvalue weighted by atomic mass is 10.1. The molecule has 1 heterocycles. The number of rotatable bonds is 2. The van der Waals surface area contributed by atoms with Crippen LogP contribution in [0.3, 0.4) is 0 Å². The van der Waals surface area contributed by atoms with Crippen LogP contribution < -0.4 is 10.4 Å². The van der Waals surface area contributed by atoms with Crippen molar-refractivity contribution in [3.8, 4) is 11.1 Å². The molecule has 82 valence electrons. The van der Waals surface area contributed by atoms with Crippen LogP contribution in [0, 0.1) is 0 Å². The number of hydrogen-bond acceptors (Lipinski definition) is 0. The van der Waals surface area contributed by atoms with Gasteiger partial charge in [-0.1, -0.05) is 49.7 Å². The molecule has 3 rings (SSSR count). The van der Waals surface area contributed by atoms with Gasteiger partial charge in [-0.15, -0.1) is 28.1 Å². The Balaban J connectivity index is 2.36. The van der Waals surface area contributed by atoms with Gasteiger partial charge >= 0.3 is 0 Å². The molecule has 0 amide bonds. The second-order valence-corrected chi connectivity index (χ2v) is 9.34. The molecule has 2 aromatic carbocycles. The Bertz CT molecular complexity index is 518. The standard InChI is InChI=1S/C15H17Si/c1-3-16(4-2)14-10-6-5-8-12(14)13-9-7-11-15(13)16/h5-11H,3-4H2,1-2H3/q-1. The smallest absolute Gasteiger partial charge is 0.0632 e. The summed E-state index contributed by atoms with van der Waals surface area (Å²) in [5, 5.41) is 3.35. The minimum atomic E-state index is -1.37. The zero-order valence-electron chi connectivity index (χ0n) is 9.96. The van der Waals surface area contributed by atoms with Crippen molar-refractivity contribution in [2.75, 3.05) is 0 Å². The van der Waals surface area contributed by atoms with Crippen molar-refractivity contribution >= 4 is 18.4 Å². The fraction of sp³-hybridized carbons (Fsp3) is 0.267. The molecule has 0 radical (unpaired) electrons. The normalized spacial score (nSPS) is 15.9. The van der Waals surface area contributed by atoms with E-state index < -0.39 is 8.07 Å². The highest BCUT2D eigenvalue weighted by Gasteiger charge is 2.36. The van der Waals surface area contributed by atoms with E-state index in [4.69, 9.17) is 0 Å².